The zero-order valence-corrected chi connectivity index (χ0v) is 16.7. The molecule has 0 saturated carbocycles. The summed E-state index contributed by atoms with van der Waals surface area (Å²) in [7, 11) is 1.80. The van der Waals surface area contributed by atoms with Crippen molar-refractivity contribution in [3.05, 3.63) is 54.0 Å². The van der Waals surface area contributed by atoms with Gasteiger partial charge in [-0.3, -0.25) is 9.69 Å². The molecule has 0 radical (unpaired) electrons. The number of hydrogen-bond donors (Lipinski definition) is 2. The molecule has 1 atom stereocenters. The van der Waals surface area contributed by atoms with Crippen LogP contribution in [0.3, 0.4) is 0 Å². The van der Waals surface area contributed by atoms with Crippen LogP contribution in [0.25, 0.3) is 11.5 Å². The van der Waals surface area contributed by atoms with E-state index in [4.69, 9.17) is 4.42 Å². The van der Waals surface area contributed by atoms with Gasteiger partial charge in [-0.2, -0.15) is 13.2 Å². The van der Waals surface area contributed by atoms with E-state index in [-0.39, 0.29) is 17.7 Å². The Morgan fingerprint density at radius 1 is 1.19 bits per heavy atom. The average Bonchev–Trinajstić information content (AvgIpc) is 3.23. The third-order valence-electron chi connectivity index (χ3n) is 5.29. The number of anilines is 2. The predicted octanol–water partition coefficient (Wildman–Crippen LogP) is 3.17. The number of nitrogens with zero attached hydrogens (tertiary/aromatic N) is 4. The lowest BCUT2D eigenvalue weighted by molar-refractivity contribution is -0.138. The summed E-state index contributed by atoms with van der Waals surface area (Å²) in [5, 5.41) is 13.9. The van der Waals surface area contributed by atoms with Gasteiger partial charge in [-0.05, 0) is 50.4 Å². The van der Waals surface area contributed by atoms with Gasteiger partial charge in [0.1, 0.15) is 5.82 Å². The third-order valence-corrected chi connectivity index (χ3v) is 5.29. The summed E-state index contributed by atoms with van der Waals surface area (Å²) in [4.78, 5) is 18.6. The number of amides is 1. The van der Waals surface area contributed by atoms with Gasteiger partial charge in [0, 0.05) is 25.0 Å². The molecule has 1 amide bonds. The Bertz CT molecular complexity index is 1100. The molecule has 3 heterocycles. The Morgan fingerprint density at radius 3 is 2.61 bits per heavy atom. The van der Waals surface area contributed by atoms with Crippen LogP contribution in [-0.4, -0.2) is 46.1 Å². The number of hydrogen-bond acceptors (Lipinski definition) is 7. The molecule has 0 aliphatic carbocycles. The first-order chi connectivity index (χ1) is 14.7. The van der Waals surface area contributed by atoms with Crippen molar-refractivity contribution in [1.82, 2.24) is 25.4 Å². The molecule has 1 aliphatic rings. The van der Waals surface area contributed by atoms with Crippen molar-refractivity contribution >= 4 is 17.4 Å². The summed E-state index contributed by atoms with van der Waals surface area (Å²) in [5.74, 6) is 0.340. The molecule has 1 fully saturated rings. The molecule has 2 N–H and O–H groups in total. The van der Waals surface area contributed by atoms with E-state index in [0.717, 1.165) is 12.1 Å². The van der Waals surface area contributed by atoms with Gasteiger partial charge in [0.2, 0.25) is 11.8 Å². The van der Waals surface area contributed by atoms with E-state index >= 15 is 0 Å². The smallest absolute Gasteiger partial charge is 0.416 e. The number of carbonyl (C=O) groups excluding carboxylic acids is 1. The second-order valence-corrected chi connectivity index (χ2v) is 7.26. The minimum absolute atomic E-state index is 0.130. The van der Waals surface area contributed by atoms with Crippen molar-refractivity contribution < 1.29 is 22.4 Å². The SMILES string of the molecule is CN1CCNC(=O)C1(C)c1nnc(-c2cccnc2Nc2ccc(C(F)(F)F)cc2)o1. The molecule has 1 unspecified atom stereocenters. The number of alkyl halides is 3. The molecule has 0 bridgehead atoms. The third kappa shape index (κ3) is 3.83. The van der Waals surface area contributed by atoms with E-state index in [1.165, 1.54) is 18.3 Å². The van der Waals surface area contributed by atoms with E-state index in [2.05, 4.69) is 25.8 Å². The molecule has 31 heavy (non-hydrogen) atoms. The van der Waals surface area contributed by atoms with Gasteiger partial charge in [0.15, 0.2) is 5.54 Å². The molecule has 4 rings (SSSR count). The number of rotatable bonds is 4. The maximum Gasteiger partial charge on any atom is 0.416 e. The summed E-state index contributed by atoms with van der Waals surface area (Å²) < 4.78 is 44.2. The van der Waals surface area contributed by atoms with Gasteiger partial charge in [0.25, 0.3) is 5.89 Å². The molecule has 1 aliphatic heterocycles. The first kappa shape index (κ1) is 20.8. The largest absolute Gasteiger partial charge is 0.418 e. The highest BCUT2D eigenvalue weighted by atomic mass is 19.4. The number of piperazine rings is 1. The fraction of sp³-hybridized carbons (Fsp3) is 0.300. The number of likely N-dealkylation sites (N-methyl/N-ethyl adjacent to an activating group) is 1. The minimum atomic E-state index is -4.41. The van der Waals surface area contributed by atoms with E-state index in [1.54, 1.807) is 26.1 Å². The molecular formula is C20H19F3N6O2. The van der Waals surface area contributed by atoms with Crippen molar-refractivity contribution in [1.29, 1.82) is 0 Å². The molecule has 1 saturated heterocycles. The molecule has 8 nitrogen and oxygen atoms in total. The van der Waals surface area contributed by atoms with Crippen LogP contribution in [0.5, 0.6) is 0 Å². The van der Waals surface area contributed by atoms with E-state index < -0.39 is 17.3 Å². The molecular weight excluding hydrogens is 413 g/mol. The predicted molar refractivity (Wildman–Crippen MR) is 105 cm³/mol. The average molecular weight is 432 g/mol. The Balaban J connectivity index is 1.63. The van der Waals surface area contributed by atoms with Crippen LogP contribution >= 0.6 is 0 Å². The maximum absolute atomic E-state index is 12.8. The van der Waals surface area contributed by atoms with Crippen molar-refractivity contribution in [3.8, 4) is 11.5 Å². The number of carbonyl (C=O) groups is 1. The Hall–Kier alpha value is -3.47. The first-order valence-corrected chi connectivity index (χ1v) is 9.43. The highest BCUT2D eigenvalue weighted by Gasteiger charge is 2.46. The van der Waals surface area contributed by atoms with Gasteiger partial charge >= 0.3 is 6.18 Å². The second-order valence-electron chi connectivity index (χ2n) is 7.26. The number of benzene rings is 1. The molecule has 3 aromatic rings. The maximum atomic E-state index is 12.8. The van der Waals surface area contributed by atoms with Crippen molar-refractivity contribution in [2.24, 2.45) is 0 Å². The van der Waals surface area contributed by atoms with Gasteiger partial charge < -0.3 is 15.1 Å². The van der Waals surface area contributed by atoms with E-state index in [1.807, 2.05) is 4.90 Å². The quantitative estimate of drug-likeness (QED) is 0.654. The Labute approximate surface area is 175 Å². The Morgan fingerprint density at radius 2 is 1.94 bits per heavy atom. The van der Waals surface area contributed by atoms with Crippen molar-refractivity contribution in [2.45, 2.75) is 18.6 Å². The molecule has 11 heteroatoms. The fourth-order valence-corrected chi connectivity index (χ4v) is 3.25. The van der Waals surface area contributed by atoms with Gasteiger partial charge in [0.05, 0.1) is 11.1 Å². The number of halogens is 3. The molecule has 1 aromatic carbocycles. The summed E-state index contributed by atoms with van der Waals surface area (Å²) in [6, 6.07) is 7.93. The second kappa shape index (κ2) is 7.65. The van der Waals surface area contributed by atoms with Gasteiger partial charge in [-0.15, -0.1) is 10.2 Å². The molecule has 162 valence electrons. The number of nitrogens with one attached hydrogen (secondary N) is 2. The summed E-state index contributed by atoms with van der Waals surface area (Å²) >= 11 is 0. The van der Waals surface area contributed by atoms with Crippen molar-refractivity contribution in [2.75, 3.05) is 25.5 Å². The lowest BCUT2D eigenvalue weighted by atomic mass is 9.97. The van der Waals surface area contributed by atoms with Crippen LogP contribution in [0.15, 0.2) is 47.0 Å². The molecule has 2 aromatic heterocycles. The topological polar surface area (TPSA) is 96.2 Å². The summed E-state index contributed by atoms with van der Waals surface area (Å²) in [6.45, 7) is 2.84. The van der Waals surface area contributed by atoms with E-state index in [9.17, 15) is 18.0 Å². The standard InChI is InChI=1S/C20H19F3N6O2/c1-19(17(30)25-10-11-29(19)2)18-28-27-16(31-18)14-4-3-9-24-15(14)26-13-7-5-12(6-8-13)20(21,22)23/h3-9H,10-11H2,1-2H3,(H,24,26)(H,25,30). The van der Waals surface area contributed by atoms with E-state index in [0.29, 0.717) is 30.2 Å². The number of aromatic nitrogens is 3. The highest BCUT2D eigenvalue weighted by Crippen LogP contribution is 2.34. The van der Waals surface area contributed by atoms with Crippen LogP contribution in [0.1, 0.15) is 18.4 Å². The minimum Gasteiger partial charge on any atom is -0.418 e. The highest BCUT2D eigenvalue weighted by molar-refractivity contribution is 5.87. The normalized spacial score (nSPS) is 19.8. The monoisotopic (exact) mass is 432 g/mol. The zero-order chi connectivity index (χ0) is 22.2. The van der Waals surface area contributed by atoms with Crippen LogP contribution in [0.2, 0.25) is 0 Å². The van der Waals surface area contributed by atoms with Crippen LogP contribution < -0.4 is 10.6 Å². The van der Waals surface area contributed by atoms with Gasteiger partial charge in [-0.25, -0.2) is 4.98 Å². The lowest BCUT2D eigenvalue weighted by Crippen LogP contribution is -2.59. The Kier molecular flexibility index (Phi) is 5.13. The molecule has 0 spiro atoms. The number of pyridine rings is 1. The van der Waals surface area contributed by atoms with Crippen LogP contribution in [-0.2, 0) is 16.5 Å². The summed E-state index contributed by atoms with van der Waals surface area (Å²) in [5.41, 5.74) is -1.01. The van der Waals surface area contributed by atoms with Crippen molar-refractivity contribution in [3.63, 3.8) is 0 Å². The zero-order valence-electron chi connectivity index (χ0n) is 16.7. The fourth-order valence-electron chi connectivity index (χ4n) is 3.25. The van der Waals surface area contributed by atoms with Crippen LogP contribution in [0, 0.1) is 0 Å². The van der Waals surface area contributed by atoms with Gasteiger partial charge in [-0.1, -0.05) is 0 Å². The van der Waals surface area contributed by atoms with Crippen LogP contribution in [0.4, 0.5) is 24.7 Å². The summed E-state index contributed by atoms with van der Waals surface area (Å²) in [6.07, 6.45) is -2.89. The lowest BCUT2D eigenvalue weighted by Gasteiger charge is -2.38. The first-order valence-electron chi connectivity index (χ1n) is 9.43.